The lowest BCUT2D eigenvalue weighted by Gasteiger charge is -2.23. The molecule has 5 aromatic heterocycles. The molecule has 0 saturated carbocycles. The van der Waals surface area contributed by atoms with Gasteiger partial charge in [0.1, 0.15) is 36.5 Å². The van der Waals surface area contributed by atoms with Gasteiger partial charge in [-0.05, 0) is 12.8 Å². The number of nitrogens with one attached hydrogen (secondary N) is 1. The van der Waals surface area contributed by atoms with E-state index in [4.69, 9.17) is 28.8 Å². The number of H-pyrrole nitrogens is 1. The maximum Gasteiger partial charge on any atom is 0.386 e. The summed E-state index contributed by atoms with van der Waals surface area (Å²) in [6, 6.07) is 0. The Balaban J connectivity index is 1.03. The lowest BCUT2D eigenvalue weighted by Crippen LogP contribution is -2.28. The first-order valence-electron chi connectivity index (χ1n) is 13.5. The van der Waals surface area contributed by atoms with E-state index >= 15 is 0 Å². The Hall–Kier alpha value is -2.84. The molecular formula is C22H26N10O9P2S2. The number of nitrogen functional groups attached to an aromatic ring is 1. The molecule has 0 aliphatic carbocycles. The molecule has 2 saturated heterocycles. The second-order valence-electron chi connectivity index (χ2n) is 10.3. The van der Waals surface area contributed by atoms with Gasteiger partial charge in [0, 0.05) is 18.8 Å². The molecule has 19 nitrogen and oxygen atoms in total. The van der Waals surface area contributed by atoms with E-state index in [1.165, 1.54) is 19.0 Å². The van der Waals surface area contributed by atoms with Crippen LogP contribution in [0.1, 0.15) is 31.7 Å². The van der Waals surface area contributed by atoms with E-state index in [1.54, 1.807) is 25.9 Å². The molecule has 4 N–H and O–H groups in total. The summed E-state index contributed by atoms with van der Waals surface area (Å²) < 4.78 is 58.7. The molecule has 0 radical (unpaired) electrons. The van der Waals surface area contributed by atoms with Gasteiger partial charge in [-0.15, -0.1) is 0 Å². The Morgan fingerprint density at radius 2 is 1.82 bits per heavy atom. The zero-order valence-electron chi connectivity index (χ0n) is 23.0. The Bertz CT molecular complexity index is 2050. The number of rotatable bonds is 10. The number of imidazole rings is 3. The van der Waals surface area contributed by atoms with E-state index in [1.807, 2.05) is 0 Å². The van der Waals surface area contributed by atoms with Crippen molar-refractivity contribution in [3.8, 4) is 0 Å². The minimum atomic E-state index is -4.17. The van der Waals surface area contributed by atoms with Crippen molar-refractivity contribution in [2.45, 2.75) is 50.0 Å². The summed E-state index contributed by atoms with van der Waals surface area (Å²) in [5, 5.41) is 0. The van der Waals surface area contributed by atoms with Crippen molar-refractivity contribution in [2.75, 3.05) is 18.9 Å². The number of fused-ring (bicyclic) bond motifs is 4. The minimum absolute atomic E-state index is 0.108. The van der Waals surface area contributed by atoms with Crippen molar-refractivity contribution >= 4 is 72.0 Å². The monoisotopic (exact) mass is 700 g/mol. The van der Waals surface area contributed by atoms with Crippen LogP contribution in [-0.2, 0) is 32.2 Å². The fraction of sp³-hybridized carbons (Fsp3) is 0.455. The van der Waals surface area contributed by atoms with E-state index in [2.05, 4.69) is 54.4 Å². The van der Waals surface area contributed by atoms with Crippen LogP contribution in [0.25, 0.3) is 28.1 Å². The van der Waals surface area contributed by atoms with E-state index in [0.717, 1.165) is 0 Å². The zero-order valence-corrected chi connectivity index (χ0v) is 26.5. The third-order valence-electron chi connectivity index (χ3n) is 7.45. The third kappa shape index (κ3) is 6.17. The van der Waals surface area contributed by atoms with E-state index < -0.39 is 51.0 Å². The van der Waals surface area contributed by atoms with Gasteiger partial charge in [-0.1, -0.05) is 24.5 Å². The highest BCUT2D eigenvalue weighted by atomic mass is 32.7. The quantitative estimate of drug-likeness (QED) is 0.104. The fourth-order valence-electron chi connectivity index (χ4n) is 5.47. The van der Waals surface area contributed by atoms with E-state index in [-0.39, 0.29) is 29.9 Å². The molecule has 2 unspecified atom stereocenters. The molecule has 23 heteroatoms. The Kier molecular flexibility index (Phi) is 8.04. The summed E-state index contributed by atoms with van der Waals surface area (Å²) in [6.07, 6.45) is 5.15. The standard InChI is InChI=1S/C22H26N10O9P2S2/c23-18-16-19(26-8-25-18)31(9-27-16)15-5-12(13(40-15)7-37-42(34,35)44)41-43(36,45)38-6-11-1-2-14(39-11)32-10-28-17-20(33)29-22-24-3-4-30(22)21(17)32/h3-4,8-15H,1-2,5-7H2,(H,36,45)(H2,23,25,26)(H,24,29,33)(H2,34,35,44)/t11-,12-,13+,14+,15+,43?/m0/s1. The maximum atomic E-state index is 13.4. The molecule has 0 bridgehead atoms. The number of nitrogens with two attached hydrogens (primary N) is 1. The summed E-state index contributed by atoms with van der Waals surface area (Å²) in [7, 11) is 0. The van der Waals surface area contributed by atoms with Gasteiger partial charge in [0.2, 0.25) is 5.78 Å². The van der Waals surface area contributed by atoms with Crippen molar-refractivity contribution < 1.29 is 37.1 Å². The Morgan fingerprint density at radius 3 is 2.64 bits per heavy atom. The normalized spacial score (nSPS) is 26.6. The minimum Gasteiger partial charge on any atom is -0.382 e. The number of hydrogen-bond donors (Lipinski definition) is 5. The SMILES string of the molecule is Nc1ncnc2c1ncn2[C@H]1C[C@H](OP(=O)(S)OC[C@@H]2CC[C@H](n3cnc4c(=O)[nH]c5nccn5c43)O2)[C@@H](COP(=O)(O)S)O1. The van der Waals surface area contributed by atoms with Gasteiger partial charge < -0.3 is 20.1 Å². The zero-order chi connectivity index (χ0) is 31.5. The Morgan fingerprint density at radius 1 is 1.02 bits per heavy atom. The van der Waals surface area contributed by atoms with Crippen LogP contribution in [0.4, 0.5) is 5.82 Å². The number of aromatic amines is 1. The topological polar surface area (TPSA) is 238 Å². The van der Waals surface area contributed by atoms with E-state index in [0.29, 0.717) is 35.4 Å². The van der Waals surface area contributed by atoms with Crippen LogP contribution in [0.5, 0.6) is 0 Å². The first kappa shape index (κ1) is 30.8. The predicted molar refractivity (Wildman–Crippen MR) is 163 cm³/mol. The fourth-order valence-corrected chi connectivity index (χ4v) is 7.55. The maximum absolute atomic E-state index is 13.4. The van der Waals surface area contributed by atoms with Crippen LogP contribution in [0.3, 0.4) is 0 Å². The predicted octanol–water partition coefficient (Wildman–Crippen LogP) is 2.25. The molecule has 5 aromatic rings. The van der Waals surface area contributed by atoms with Gasteiger partial charge in [0.25, 0.3) is 5.56 Å². The van der Waals surface area contributed by atoms with Crippen molar-refractivity contribution in [1.82, 2.24) is 43.4 Å². The largest absolute Gasteiger partial charge is 0.386 e. The molecule has 7 atom stereocenters. The summed E-state index contributed by atoms with van der Waals surface area (Å²) in [6.45, 7) is -8.72. The van der Waals surface area contributed by atoms with Crippen molar-refractivity contribution in [1.29, 1.82) is 0 Å². The number of ether oxygens (including phenoxy) is 2. The van der Waals surface area contributed by atoms with Gasteiger partial charge in [-0.3, -0.25) is 36.9 Å². The Labute approximate surface area is 262 Å². The van der Waals surface area contributed by atoms with Crippen LogP contribution in [0.2, 0.25) is 0 Å². The number of anilines is 1. The molecule has 0 amide bonds. The molecular weight excluding hydrogens is 674 g/mol. The summed E-state index contributed by atoms with van der Waals surface area (Å²) in [4.78, 5) is 45.4. The number of hydrogen-bond acceptors (Lipinski definition) is 14. The van der Waals surface area contributed by atoms with Crippen LogP contribution in [0.15, 0.2) is 36.2 Å². The van der Waals surface area contributed by atoms with Crippen molar-refractivity contribution in [3.05, 3.63) is 41.7 Å². The number of nitrogens with zero attached hydrogens (tertiary/aromatic N) is 8. The molecule has 7 heterocycles. The van der Waals surface area contributed by atoms with Gasteiger partial charge in [-0.2, -0.15) is 0 Å². The smallest absolute Gasteiger partial charge is 0.382 e. The first-order chi connectivity index (χ1) is 21.5. The lowest BCUT2D eigenvalue weighted by atomic mass is 10.2. The second-order valence-corrected chi connectivity index (χ2v) is 16.0. The lowest BCUT2D eigenvalue weighted by molar-refractivity contribution is -0.0389. The van der Waals surface area contributed by atoms with Crippen molar-refractivity contribution in [2.24, 2.45) is 0 Å². The van der Waals surface area contributed by atoms with Gasteiger partial charge in [0.15, 0.2) is 22.6 Å². The van der Waals surface area contributed by atoms with Gasteiger partial charge in [-0.25, -0.2) is 34.0 Å². The summed E-state index contributed by atoms with van der Waals surface area (Å²) in [5.41, 5.74) is 7.03. The van der Waals surface area contributed by atoms with Crippen LogP contribution in [0, 0.1) is 0 Å². The summed E-state index contributed by atoms with van der Waals surface area (Å²) in [5.74, 6) is 0.548. The molecule has 45 heavy (non-hydrogen) atoms. The first-order valence-corrected chi connectivity index (χ1v) is 18.9. The molecule has 7 rings (SSSR count). The molecule has 0 spiro atoms. The van der Waals surface area contributed by atoms with Gasteiger partial charge >= 0.3 is 13.6 Å². The third-order valence-corrected chi connectivity index (χ3v) is 9.92. The van der Waals surface area contributed by atoms with Crippen molar-refractivity contribution in [3.63, 3.8) is 0 Å². The highest BCUT2D eigenvalue weighted by molar-refractivity contribution is 8.44. The molecule has 2 aliphatic heterocycles. The molecule has 2 fully saturated rings. The molecule has 0 aromatic carbocycles. The average molecular weight is 701 g/mol. The number of thiol groups is 2. The molecule has 240 valence electrons. The molecule has 2 aliphatic rings. The average Bonchev–Trinajstić information content (AvgIpc) is 3.79. The number of aromatic nitrogens is 9. The van der Waals surface area contributed by atoms with Crippen LogP contribution >= 0.6 is 38.1 Å². The highest BCUT2D eigenvalue weighted by Gasteiger charge is 2.43. The van der Waals surface area contributed by atoms with Crippen LogP contribution < -0.4 is 11.3 Å². The van der Waals surface area contributed by atoms with Crippen LogP contribution in [-0.4, -0.2) is 79.9 Å². The van der Waals surface area contributed by atoms with E-state index in [9.17, 15) is 18.8 Å². The highest BCUT2D eigenvalue weighted by Crippen LogP contribution is 2.57. The van der Waals surface area contributed by atoms with Gasteiger partial charge in [0.05, 0.1) is 32.0 Å². The summed E-state index contributed by atoms with van der Waals surface area (Å²) >= 11 is 7.72. The second kappa shape index (κ2) is 11.8.